The van der Waals surface area contributed by atoms with Crippen LogP contribution in [0.4, 0.5) is 0 Å². The van der Waals surface area contributed by atoms with E-state index >= 15 is 0 Å². The van der Waals surface area contributed by atoms with Crippen LogP contribution in [0.15, 0.2) is 61.1 Å². The van der Waals surface area contributed by atoms with Crippen molar-refractivity contribution < 1.29 is 4.74 Å². The van der Waals surface area contributed by atoms with Crippen molar-refractivity contribution in [3.63, 3.8) is 0 Å². The first kappa shape index (κ1) is 16.3. The van der Waals surface area contributed by atoms with Crippen molar-refractivity contribution in [3.05, 3.63) is 77.9 Å². The summed E-state index contributed by atoms with van der Waals surface area (Å²) in [4.78, 5) is 4.13. The summed E-state index contributed by atoms with van der Waals surface area (Å²) in [5.74, 6) is 0. The highest BCUT2D eigenvalue weighted by Crippen LogP contribution is 2.24. The maximum atomic E-state index is 6.05. The number of rotatable bonds is 7. The molecule has 2 heterocycles. The van der Waals surface area contributed by atoms with E-state index in [-0.39, 0.29) is 0 Å². The molecule has 0 fully saturated rings. The van der Waals surface area contributed by atoms with Crippen LogP contribution < -0.4 is 0 Å². The Labute approximate surface area is 142 Å². The van der Waals surface area contributed by atoms with Crippen molar-refractivity contribution in [2.24, 2.45) is 0 Å². The molecule has 0 unspecified atom stereocenters. The molecule has 0 radical (unpaired) electrons. The van der Waals surface area contributed by atoms with Gasteiger partial charge in [0.25, 0.3) is 0 Å². The summed E-state index contributed by atoms with van der Waals surface area (Å²) in [5.41, 5.74) is 2.69. The van der Waals surface area contributed by atoms with Crippen LogP contribution in [-0.4, -0.2) is 20.0 Å². The Kier molecular flexibility index (Phi) is 5.01. The van der Waals surface area contributed by atoms with Gasteiger partial charge in [-0.1, -0.05) is 41.6 Å². The van der Waals surface area contributed by atoms with E-state index in [1.54, 1.807) is 6.20 Å². The number of nitrogens with zero attached hydrogens (tertiary/aromatic N) is 4. The van der Waals surface area contributed by atoms with Gasteiger partial charge in [0.1, 0.15) is 11.3 Å². The first-order chi connectivity index (χ1) is 11.6. The summed E-state index contributed by atoms with van der Waals surface area (Å²) >= 11 is 0. The fourth-order valence-electron chi connectivity index (χ4n) is 2.39. The molecule has 0 bridgehead atoms. The van der Waals surface area contributed by atoms with Crippen LogP contribution in [0.5, 0.6) is 0 Å². The van der Waals surface area contributed by atoms with E-state index in [2.05, 4.69) is 33.5 Å². The monoisotopic (exact) mass is 322 g/mol. The van der Waals surface area contributed by atoms with Crippen molar-refractivity contribution in [2.45, 2.75) is 39.0 Å². The second-order valence-electron chi connectivity index (χ2n) is 6.26. The zero-order valence-corrected chi connectivity index (χ0v) is 14.1. The summed E-state index contributed by atoms with van der Waals surface area (Å²) in [6, 6.07) is 14.2. The Hall–Kier alpha value is -2.53. The smallest absolute Gasteiger partial charge is 0.114 e. The third-order valence-electron chi connectivity index (χ3n) is 3.95. The molecular weight excluding hydrogens is 300 g/mol. The lowest BCUT2D eigenvalue weighted by molar-refractivity contribution is -0.0368. The number of hydrogen-bond donors (Lipinski definition) is 0. The van der Waals surface area contributed by atoms with E-state index in [0.29, 0.717) is 6.61 Å². The highest BCUT2D eigenvalue weighted by Gasteiger charge is 2.25. The maximum Gasteiger partial charge on any atom is 0.114 e. The highest BCUT2D eigenvalue weighted by molar-refractivity contribution is 5.14. The Morgan fingerprint density at radius 2 is 1.83 bits per heavy atom. The molecule has 0 saturated heterocycles. The van der Waals surface area contributed by atoms with Crippen LogP contribution in [0.2, 0.25) is 0 Å². The summed E-state index contributed by atoms with van der Waals surface area (Å²) in [6.45, 7) is 5.36. The molecule has 0 aliphatic carbocycles. The predicted octanol–water partition coefficient (Wildman–Crippen LogP) is 3.37. The lowest BCUT2D eigenvalue weighted by Gasteiger charge is -2.22. The van der Waals surface area contributed by atoms with Gasteiger partial charge in [-0.2, -0.15) is 0 Å². The number of hydrogen-bond acceptors (Lipinski definition) is 4. The Bertz CT molecular complexity index is 753. The van der Waals surface area contributed by atoms with Gasteiger partial charge in [-0.05, 0) is 37.5 Å². The fourth-order valence-corrected chi connectivity index (χ4v) is 2.39. The molecule has 0 atom stereocenters. The topological polar surface area (TPSA) is 52.8 Å². The molecule has 0 aliphatic rings. The number of pyridine rings is 1. The number of aromatic nitrogens is 4. The highest BCUT2D eigenvalue weighted by atomic mass is 16.5. The molecular formula is C19H22N4O. The number of benzene rings is 1. The molecule has 5 nitrogen and oxygen atoms in total. The minimum absolute atomic E-state index is 0.484. The van der Waals surface area contributed by atoms with Crippen LogP contribution in [-0.2, 0) is 29.9 Å². The molecule has 24 heavy (non-hydrogen) atoms. The Morgan fingerprint density at radius 3 is 2.58 bits per heavy atom. The largest absolute Gasteiger partial charge is 0.364 e. The molecule has 0 saturated carbocycles. The molecule has 0 amide bonds. The van der Waals surface area contributed by atoms with E-state index in [1.807, 2.05) is 55.2 Å². The first-order valence-corrected chi connectivity index (χ1v) is 8.11. The quantitative estimate of drug-likeness (QED) is 0.669. The predicted molar refractivity (Wildman–Crippen MR) is 92.2 cm³/mol. The lowest BCUT2D eigenvalue weighted by atomic mass is 10.1. The molecule has 1 aromatic carbocycles. The zero-order valence-electron chi connectivity index (χ0n) is 14.1. The second kappa shape index (κ2) is 7.36. The summed E-state index contributed by atoms with van der Waals surface area (Å²) in [7, 11) is 0. The van der Waals surface area contributed by atoms with Crippen molar-refractivity contribution in [3.8, 4) is 0 Å². The second-order valence-corrected chi connectivity index (χ2v) is 6.26. The molecule has 3 aromatic rings. The Morgan fingerprint density at radius 1 is 1.04 bits per heavy atom. The average molecular weight is 322 g/mol. The van der Waals surface area contributed by atoms with Crippen molar-refractivity contribution in [1.29, 1.82) is 0 Å². The van der Waals surface area contributed by atoms with Crippen LogP contribution in [0, 0.1) is 0 Å². The molecule has 5 heteroatoms. The van der Waals surface area contributed by atoms with Gasteiger partial charge in [0.05, 0.1) is 12.8 Å². The average Bonchev–Trinajstić information content (AvgIpc) is 3.10. The molecule has 124 valence electrons. The third kappa shape index (κ3) is 4.26. The van der Waals surface area contributed by atoms with Gasteiger partial charge in [0.2, 0.25) is 0 Å². The van der Waals surface area contributed by atoms with Gasteiger partial charge >= 0.3 is 0 Å². The fraction of sp³-hybridized carbons (Fsp3) is 0.316. The zero-order chi connectivity index (χ0) is 16.8. The van der Waals surface area contributed by atoms with Crippen LogP contribution in [0.3, 0.4) is 0 Å². The molecule has 2 aromatic heterocycles. The van der Waals surface area contributed by atoms with Crippen LogP contribution in [0.25, 0.3) is 0 Å². The van der Waals surface area contributed by atoms with Crippen molar-refractivity contribution in [2.75, 3.05) is 0 Å². The minimum Gasteiger partial charge on any atom is -0.364 e. The van der Waals surface area contributed by atoms with Gasteiger partial charge in [-0.25, -0.2) is 0 Å². The van der Waals surface area contributed by atoms with E-state index < -0.39 is 5.60 Å². The normalized spacial score (nSPS) is 11.6. The lowest BCUT2D eigenvalue weighted by Crippen LogP contribution is -2.22. The van der Waals surface area contributed by atoms with E-state index in [4.69, 9.17) is 4.74 Å². The van der Waals surface area contributed by atoms with E-state index in [0.717, 1.165) is 24.2 Å². The third-order valence-corrected chi connectivity index (χ3v) is 3.95. The molecule has 3 rings (SSSR count). The standard InChI is InChI=1S/C19H22N4O/c1-19(2,24-15-17-7-4-3-5-8-17)18-14-23(22-21-18)12-10-16-9-6-11-20-13-16/h3-9,11,13-14H,10,12,15H2,1-2H3. The maximum absolute atomic E-state index is 6.05. The van der Waals surface area contributed by atoms with Crippen molar-refractivity contribution >= 4 is 0 Å². The van der Waals surface area contributed by atoms with Gasteiger partial charge in [-0.15, -0.1) is 5.10 Å². The van der Waals surface area contributed by atoms with Crippen molar-refractivity contribution in [1.82, 2.24) is 20.0 Å². The SMILES string of the molecule is CC(C)(OCc1ccccc1)c1cn(CCc2cccnc2)nn1. The van der Waals surface area contributed by atoms with Gasteiger partial charge in [0.15, 0.2) is 0 Å². The molecule has 0 aliphatic heterocycles. The summed E-state index contributed by atoms with van der Waals surface area (Å²) < 4.78 is 7.91. The Balaban J connectivity index is 1.59. The molecule has 0 N–H and O–H groups in total. The van der Waals surface area contributed by atoms with Gasteiger partial charge in [-0.3, -0.25) is 9.67 Å². The summed E-state index contributed by atoms with van der Waals surface area (Å²) in [5, 5.41) is 8.50. The van der Waals surface area contributed by atoms with Gasteiger partial charge < -0.3 is 4.74 Å². The van der Waals surface area contributed by atoms with Gasteiger partial charge in [0, 0.05) is 18.9 Å². The van der Waals surface area contributed by atoms with E-state index in [9.17, 15) is 0 Å². The number of ether oxygens (including phenoxy) is 1. The first-order valence-electron chi connectivity index (χ1n) is 8.11. The van der Waals surface area contributed by atoms with E-state index in [1.165, 1.54) is 5.56 Å². The van der Waals surface area contributed by atoms with Crippen LogP contribution >= 0.6 is 0 Å². The number of aryl methyl sites for hydroxylation is 2. The minimum atomic E-state index is -0.484. The molecule has 0 spiro atoms. The van der Waals surface area contributed by atoms with Crippen LogP contribution in [0.1, 0.15) is 30.7 Å². The summed E-state index contributed by atoms with van der Waals surface area (Å²) in [6.07, 6.45) is 6.50.